The van der Waals surface area contributed by atoms with E-state index in [-0.39, 0.29) is 5.78 Å². The zero-order valence-corrected chi connectivity index (χ0v) is 10.5. The number of carbonyl (C=O) groups is 1. The lowest BCUT2D eigenvalue weighted by Gasteiger charge is -2.00. The number of aromatic nitrogens is 1. The van der Waals surface area contributed by atoms with E-state index in [1.807, 2.05) is 36.6 Å². The highest BCUT2D eigenvalue weighted by Gasteiger charge is 2.04. The van der Waals surface area contributed by atoms with Gasteiger partial charge >= 0.3 is 0 Å². The molecular formula is C12H11NOS2. The summed E-state index contributed by atoms with van der Waals surface area (Å²) in [6, 6.07) is 7.69. The highest BCUT2D eigenvalue weighted by Crippen LogP contribution is 2.29. The van der Waals surface area contributed by atoms with Crippen molar-refractivity contribution in [3.05, 3.63) is 41.4 Å². The summed E-state index contributed by atoms with van der Waals surface area (Å²) in [5.74, 6) is 0.186. The summed E-state index contributed by atoms with van der Waals surface area (Å²) in [4.78, 5) is 16.7. The van der Waals surface area contributed by atoms with Crippen LogP contribution in [0, 0.1) is 0 Å². The smallest absolute Gasteiger partial charge is 0.162 e. The van der Waals surface area contributed by atoms with E-state index in [0.29, 0.717) is 6.42 Å². The molecule has 0 radical (unpaired) electrons. The monoisotopic (exact) mass is 249 g/mol. The maximum Gasteiger partial charge on any atom is 0.162 e. The summed E-state index contributed by atoms with van der Waals surface area (Å²) in [5, 5.41) is 1.96. The van der Waals surface area contributed by atoms with Gasteiger partial charge in [-0.15, -0.1) is 11.3 Å². The normalized spacial score (nSPS) is 10.3. The SMILES string of the molecule is CCC(=O)c1ccc(Sc2nccs2)cc1. The summed E-state index contributed by atoms with van der Waals surface area (Å²) in [6.45, 7) is 1.88. The van der Waals surface area contributed by atoms with Crippen LogP contribution in [-0.2, 0) is 0 Å². The van der Waals surface area contributed by atoms with Gasteiger partial charge in [-0.2, -0.15) is 0 Å². The molecule has 0 aliphatic carbocycles. The number of hydrogen-bond donors (Lipinski definition) is 0. The van der Waals surface area contributed by atoms with Gasteiger partial charge in [0.05, 0.1) is 0 Å². The number of carbonyl (C=O) groups excluding carboxylic acids is 1. The quantitative estimate of drug-likeness (QED) is 0.770. The molecule has 0 saturated carbocycles. The van der Waals surface area contributed by atoms with Crippen molar-refractivity contribution in [2.45, 2.75) is 22.6 Å². The Kier molecular flexibility index (Phi) is 3.74. The lowest BCUT2D eigenvalue weighted by Crippen LogP contribution is -1.95. The lowest BCUT2D eigenvalue weighted by molar-refractivity contribution is 0.0988. The molecule has 4 heteroatoms. The fourth-order valence-electron chi connectivity index (χ4n) is 1.27. The number of ketones is 1. The van der Waals surface area contributed by atoms with Crippen LogP contribution in [0.15, 0.2) is 45.1 Å². The first-order valence-electron chi connectivity index (χ1n) is 5.00. The van der Waals surface area contributed by atoms with E-state index in [0.717, 1.165) is 14.8 Å². The van der Waals surface area contributed by atoms with Gasteiger partial charge in [0.15, 0.2) is 10.1 Å². The minimum absolute atomic E-state index is 0.186. The Morgan fingerprint density at radius 1 is 1.38 bits per heavy atom. The maximum absolute atomic E-state index is 11.4. The molecule has 1 aromatic carbocycles. The molecule has 0 aliphatic rings. The molecule has 2 aromatic rings. The van der Waals surface area contributed by atoms with Gasteiger partial charge in [-0.3, -0.25) is 4.79 Å². The molecular weight excluding hydrogens is 238 g/mol. The van der Waals surface area contributed by atoms with Gasteiger partial charge in [0.25, 0.3) is 0 Å². The molecule has 16 heavy (non-hydrogen) atoms. The van der Waals surface area contributed by atoms with Crippen molar-refractivity contribution in [2.24, 2.45) is 0 Å². The van der Waals surface area contributed by atoms with Gasteiger partial charge < -0.3 is 0 Å². The van der Waals surface area contributed by atoms with Crippen molar-refractivity contribution < 1.29 is 4.79 Å². The highest BCUT2D eigenvalue weighted by molar-refractivity contribution is 8.01. The standard InChI is InChI=1S/C12H11NOS2/c1-2-11(14)9-3-5-10(6-4-9)16-12-13-7-8-15-12/h3-8H,2H2,1H3. The Hall–Kier alpha value is -1.13. The number of nitrogens with zero attached hydrogens (tertiary/aromatic N) is 1. The van der Waals surface area contributed by atoms with Crippen molar-refractivity contribution in [1.82, 2.24) is 4.98 Å². The van der Waals surface area contributed by atoms with E-state index >= 15 is 0 Å². The molecule has 0 unspecified atom stereocenters. The van der Waals surface area contributed by atoms with E-state index in [2.05, 4.69) is 4.98 Å². The fraction of sp³-hybridized carbons (Fsp3) is 0.167. The summed E-state index contributed by atoms with van der Waals surface area (Å²) in [7, 11) is 0. The average molecular weight is 249 g/mol. The fourth-order valence-corrected chi connectivity index (χ4v) is 2.87. The van der Waals surface area contributed by atoms with Crippen molar-refractivity contribution in [3.8, 4) is 0 Å². The van der Waals surface area contributed by atoms with Crippen LogP contribution < -0.4 is 0 Å². The van der Waals surface area contributed by atoms with E-state index in [1.165, 1.54) is 0 Å². The van der Waals surface area contributed by atoms with Crippen molar-refractivity contribution >= 4 is 28.9 Å². The molecule has 82 valence electrons. The minimum atomic E-state index is 0.186. The predicted octanol–water partition coefficient (Wildman–Crippen LogP) is 3.89. The van der Waals surface area contributed by atoms with Crippen LogP contribution in [0.4, 0.5) is 0 Å². The molecule has 1 aromatic heterocycles. The highest BCUT2D eigenvalue weighted by atomic mass is 32.2. The Balaban J connectivity index is 2.10. The second-order valence-corrected chi connectivity index (χ2v) is 5.42. The molecule has 0 N–H and O–H groups in total. The second kappa shape index (κ2) is 5.27. The van der Waals surface area contributed by atoms with Crippen molar-refractivity contribution in [3.63, 3.8) is 0 Å². The van der Waals surface area contributed by atoms with Gasteiger partial charge in [-0.1, -0.05) is 30.8 Å². The molecule has 0 saturated heterocycles. The van der Waals surface area contributed by atoms with Crippen LogP contribution in [0.3, 0.4) is 0 Å². The molecule has 0 fully saturated rings. The average Bonchev–Trinajstić information content (AvgIpc) is 2.82. The van der Waals surface area contributed by atoms with Gasteiger partial charge in [0.2, 0.25) is 0 Å². The van der Waals surface area contributed by atoms with Gasteiger partial charge in [-0.25, -0.2) is 4.98 Å². The molecule has 1 heterocycles. The minimum Gasteiger partial charge on any atom is -0.294 e. The molecule has 2 nitrogen and oxygen atoms in total. The third-order valence-electron chi connectivity index (χ3n) is 2.11. The Morgan fingerprint density at radius 2 is 2.12 bits per heavy atom. The summed E-state index contributed by atoms with van der Waals surface area (Å²) in [6.07, 6.45) is 2.35. The molecule has 0 aliphatic heterocycles. The summed E-state index contributed by atoms with van der Waals surface area (Å²) < 4.78 is 1.02. The van der Waals surface area contributed by atoms with Gasteiger partial charge in [0, 0.05) is 28.5 Å². The van der Waals surface area contributed by atoms with Crippen LogP contribution in [0.25, 0.3) is 0 Å². The van der Waals surface area contributed by atoms with Crippen LogP contribution in [0.1, 0.15) is 23.7 Å². The first kappa shape index (κ1) is 11.4. The van der Waals surface area contributed by atoms with E-state index in [1.54, 1.807) is 29.3 Å². The van der Waals surface area contributed by atoms with E-state index in [4.69, 9.17) is 0 Å². The number of rotatable bonds is 4. The predicted molar refractivity (Wildman–Crippen MR) is 67.3 cm³/mol. The Morgan fingerprint density at radius 3 is 2.69 bits per heavy atom. The van der Waals surface area contributed by atoms with Crippen LogP contribution >= 0.6 is 23.1 Å². The summed E-state index contributed by atoms with van der Waals surface area (Å²) >= 11 is 3.24. The molecule has 0 bridgehead atoms. The second-order valence-electron chi connectivity index (χ2n) is 3.20. The Labute approximate surface area is 103 Å². The zero-order valence-electron chi connectivity index (χ0n) is 8.84. The first-order chi connectivity index (χ1) is 7.79. The van der Waals surface area contributed by atoms with E-state index in [9.17, 15) is 4.79 Å². The Bertz CT molecular complexity index is 462. The summed E-state index contributed by atoms with van der Waals surface area (Å²) in [5.41, 5.74) is 0.783. The van der Waals surface area contributed by atoms with Crippen molar-refractivity contribution in [1.29, 1.82) is 0 Å². The third-order valence-corrected chi connectivity index (χ3v) is 4.00. The third kappa shape index (κ3) is 2.71. The van der Waals surface area contributed by atoms with Crippen LogP contribution in [-0.4, -0.2) is 10.8 Å². The van der Waals surface area contributed by atoms with Gasteiger partial charge in [-0.05, 0) is 12.1 Å². The van der Waals surface area contributed by atoms with Crippen LogP contribution in [0.2, 0.25) is 0 Å². The number of hydrogen-bond acceptors (Lipinski definition) is 4. The topological polar surface area (TPSA) is 30.0 Å². The zero-order chi connectivity index (χ0) is 11.4. The van der Waals surface area contributed by atoms with E-state index < -0.39 is 0 Å². The van der Waals surface area contributed by atoms with Gasteiger partial charge in [0.1, 0.15) is 0 Å². The van der Waals surface area contributed by atoms with Crippen LogP contribution in [0.5, 0.6) is 0 Å². The van der Waals surface area contributed by atoms with Crippen molar-refractivity contribution in [2.75, 3.05) is 0 Å². The molecule has 2 rings (SSSR count). The lowest BCUT2D eigenvalue weighted by atomic mass is 10.1. The maximum atomic E-state index is 11.4. The molecule has 0 atom stereocenters. The molecule has 0 spiro atoms. The largest absolute Gasteiger partial charge is 0.294 e. The number of benzene rings is 1. The first-order valence-corrected chi connectivity index (χ1v) is 6.70. The number of thiazole rings is 1. The number of Topliss-reactive ketones (excluding diaryl/α,β-unsaturated/α-hetero) is 1. The molecule has 0 amide bonds.